The third kappa shape index (κ3) is 6.66. The number of likely N-dealkylation sites (N-methyl/N-ethyl adjacent to an activating group) is 3. The zero-order valence-corrected chi connectivity index (χ0v) is 44.6. The fraction of sp³-hybridized carbons (Fsp3) is 0.484. The van der Waals surface area contributed by atoms with Gasteiger partial charge >= 0.3 is 5.97 Å². The quantitative estimate of drug-likeness (QED) is 0.171. The number of likely N-dealkylation sites (tertiary alicyclic amines) is 3. The van der Waals surface area contributed by atoms with Crippen molar-refractivity contribution in [1.29, 1.82) is 0 Å². The summed E-state index contributed by atoms with van der Waals surface area (Å²) in [5.74, 6) is 4.89. The SMILES string of the molecule is CN1CC[C@]23c4c5ccc(CO)c4O[C@H]2C(=O)CCC3[C@H]1C5.CN1CC[C@]23c4c5ccc(CO)c4O[C@H]2C(OC(=O)c2ccccc2)=CCC3[C@H]1C5.COC1=CC=C2[C@H]3Cc4ccc(CO)c5c4[C@@]2(CCN3C)[C@H]1O5.Cl. The van der Waals surface area contributed by atoms with E-state index in [0.29, 0.717) is 47.7 Å². The number of carbonyl (C=O) groups excluding carboxylic acids is 2. The van der Waals surface area contributed by atoms with Crippen molar-refractivity contribution in [3.05, 3.63) is 158 Å². The predicted molar refractivity (Wildman–Crippen MR) is 286 cm³/mol. The van der Waals surface area contributed by atoms with Gasteiger partial charge in [0.2, 0.25) is 0 Å². The van der Waals surface area contributed by atoms with Gasteiger partial charge in [0.05, 0.1) is 37.9 Å². The fourth-order valence-corrected chi connectivity index (χ4v) is 17.2. The average molecular weight is 1050 g/mol. The molecular weight excluding hydrogens is 982 g/mol. The second-order valence-corrected chi connectivity index (χ2v) is 23.4. The Bertz CT molecular complexity index is 3180. The number of aliphatic hydroxyl groups excluding tert-OH is 3. The maximum absolute atomic E-state index is 12.8. The summed E-state index contributed by atoms with van der Waals surface area (Å²) < 4.78 is 30.8. The first kappa shape index (κ1) is 50.0. The normalized spacial score (nSPS) is 33.5. The Morgan fingerprint density at radius 2 is 1.20 bits per heavy atom. The number of halogens is 1. The maximum atomic E-state index is 12.8. The first-order valence-corrected chi connectivity index (χ1v) is 27.4. The molecule has 0 aromatic heterocycles. The molecular formula is C62H68ClN3O10. The first-order chi connectivity index (χ1) is 36.5. The van der Waals surface area contributed by atoms with Crippen molar-refractivity contribution in [1.82, 2.24) is 14.7 Å². The molecule has 6 heterocycles. The number of esters is 1. The Morgan fingerprint density at radius 3 is 1.82 bits per heavy atom. The van der Waals surface area contributed by atoms with Crippen LogP contribution in [0.15, 0.2) is 102 Å². The molecule has 13 nitrogen and oxygen atoms in total. The molecule has 4 aromatic carbocycles. The van der Waals surface area contributed by atoms with E-state index in [9.17, 15) is 24.9 Å². The highest BCUT2D eigenvalue weighted by molar-refractivity contribution is 5.90. The molecule has 76 heavy (non-hydrogen) atoms. The van der Waals surface area contributed by atoms with Crippen LogP contribution in [0, 0.1) is 11.8 Å². The molecule has 0 radical (unpaired) electrons. The van der Waals surface area contributed by atoms with E-state index in [1.165, 1.54) is 39.0 Å². The molecule has 4 aromatic rings. The highest BCUT2D eigenvalue weighted by Gasteiger charge is 2.67. The number of benzene rings is 4. The summed E-state index contributed by atoms with van der Waals surface area (Å²) in [6, 6.07) is 23.0. The highest BCUT2D eigenvalue weighted by Crippen LogP contribution is 2.65. The lowest BCUT2D eigenvalue weighted by Crippen LogP contribution is -2.65. The summed E-state index contributed by atoms with van der Waals surface area (Å²) in [5, 5.41) is 29.4. The smallest absolute Gasteiger partial charge is 0.343 e. The Kier molecular flexibility index (Phi) is 12.0. The fourth-order valence-electron chi connectivity index (χ4n) is 17.2. The van der Waals surface area contributed by atoms with Crippen LogP contribution in [0.4, 0.5) is 0 Å². The van der Waals surface area contributed by atoms with E-state index in [1.807, 2.05) is 36.4 Å². The number of piperidine rings is 3. The van der Waals surface area contributed by atoms with E-state index in [1.54, 1.807) is 19.2 Å². The van der Waals surface area contributed by atoms with Gasteiger partial charge in [-0.1, -0.05) is 60.7 Å². The minimum atomic E-state index is -0.348. The minimum Gasteiger partial charge on any atom is -0.497 e. The molecule has 0 amide bonds. The number of hydrogen-bond donors (Lipinski definition) is 3. The van der Waals surface area contributed by atoms with Gasteiger partial charge in [-0.05, 0) is 151 Å². The topological polar surface area (TPSA) is 151 Å². The number of Topliss-reactive ketones (excluding diaryl/α,β-unsaturated/α-hetero) is 1. The Morgan fingerprint density at radius 1 is 0.645 bits per heavy atom. The van der Waals surface area contributed by atoms with E-state index in [-0.39, 0.29) is 78.5 Å². The van der Waals surface area contributed by atoms with Crippen LogP contribution in [0.2, 0.25) is 0 Å². The molecule has 6 aliphatic heterocycles. The Balaban J connectivity index is 0.000000110. The van der Waals surface area contributed by atoms with E-state index < -0.39 is 0 Å². The van der Waals surface area contributed by atoms with Crippen molar-refractivity contribution in [2.45, 2.75) is 130 Å². The summed E-state index contributed by atoms with van der Waals surface area (Å²) >= 11 is 0. The second kappa shape index (κ2) is 18.3. The van der Waals surface area contributed by atoms with Gasteiger partial charge in [0.1, 0.15) is 28.8 Å². The number of aliphatic hydroxyl groups is 3. The molecule has 3 spiro atoms. The molecule has 14 heteroatoms. The average Bonchev–Trinajstić information content (AvgIpc) is 4.27. The molecule has 4 fully saturated rings. The van der Waals surface area contributed by atoms with Gasteiger partial charge in [-0.15, -0.1) is 12.4 Å². The summed E-state index contributed by atoms with van der Waals surface area (Å²) in [5.41, 5.74) is 12.0. The van der Waals surface area contributed by atoms with E-state index in [4.69, 9.17) is 23.7 Å². The number of carbonyl (C=O) groups is 2. The van der Waals surface area contributed by atoms with Crippen LogP contribution in [-0.2, 0) is 69.6 Å². The molecule has 1 saturated carbocycles. The third-order valence-corrected chi connectivity index (χ3v) is 20.6. The van der Waals surface area contributed by atoms with Crippen LogP contribution in [0.25, 0.3) is 0 Å². The van der Waals surface area contributed by atoms with Crippen LogP contribution in [0.5, 0.6) is 17.2 Å². The number of nitrogens with zero attached hydrogens (tertiary/aromatic N) is 3. The largest absolute Gasteiger partial charge is 0.497 e. The maximum Gasteiger partial charge on any atom is 0.343 e. The zero-order valence-electron chi connectivity index (χ0n) is 43.8. The Labute approximate surface area is 450 Å². The number of hydrogen-bond acceptors (Lipinski definition) is 13. The monoisotopic (exact) mass is 1050 g/mol. The highest BCUT2D eigenvalue weighted by atomic mass is 35.5. The first-order valence-electron chi connectivity index (χ1n) is 27.4. The molecule has 11 atom stereocenters. The van der Waals surface area contributed by atoms with Crippen LogP contribution >= 0.6 is 12.4 Å². The van der Waals surface area contributed by atoms with Crippen molar-refractivity contribution in [2.24, 2.45) is 11.8 Å². The van der Waals surface area contributed by atoms with Gasteiger partial charge < -0.3 is 48.8 Å². The van der Waals surface area contributed by atoms with E-state index in [0.717, 1.165) is 111 Å². The van der Waals surface area contributed by atoms with Crippen molar-refractivity contribution in [3.8, 4) is 17.2 Å². The molecule has 12 aliphatic rings. The second-order valence-electron chi connectivity index (χ2n) is 23.4. The van der Waals surface area contributed by atoms with Crippen molar-refractivity contribution < 1.29 is 48.6 Å². The minimum absolute atomic E-state index is 0. The van der Waals surface area contributed by atoms with Crippen molar-refractivity contribution in [3.63, 3.8) is 0 Å². The van der Waals surface area contributed by atoms with Crippen LogP contribution < -0.4 is 14.2 Å². The number of ketones is 1. The van der Waals surface area contributed by atoms with Crippen molar-refractivity contribution >= 4 is 24.2 Å². The molecule has 6 bridgehead atoms. The Hall–Kier alpha value is -5.51. The van der Waals surface area contributed by atoms with E-state index in [2.05, 4.69) is 72.3 Å². The predicted octanol–water partition coefficient (Wildman–Crippen LogP) is 6.95. The van der Waals surface area contributed by atoms with Crippen LogP contribution in [0.3, 0.4) is 0 Å². The molecule has 6 aliphatic carbocycles. The standard InChI is InChI=1S/C25H25NO4.C19H21NO3.C18H21NO3.ClH/c1-26-12-11-25-18-9-10-20(29-24(28)15-5-3-2-4-6-15)23(25)30-22-17(14-27)8-7-16(21(22)25)13-19(18)26;1-20-8-7-19-13-5-6-15(22-2)18(19)23-17-12(10-21)4-3-11(16(17)19)9-14(13)20;1-19-7-6-18-12-4-5-14(21)17(18)22-16-11(9-20)3-2-10(15(16)18)8-13(12)19;/h2-8,10,18-19,23,27H,9,11-14H2,1H3;3-6,14,18,21H,7-10H2,1-2H3;2-3,12-13,17,20H,4-9H2,1H3;1H/t18?,19-,23+,25+;14-,18+,19+;12?,13-,17+,18+;/m111./s1. The van der Waals surface area contributed by atoms with Gasteiger partial charge in [-0.2, -0.15) is 0 Å². The van der Waals surface area contributed by atoms with E-state index >= 15 is 0 Å². The lowest BCUT2D eigenvalue weighted by Gasteiger charge is -2.57. The molecule has 3 saturated heterocycles. The van der Waals surface area contributed by atoms with Gasteiger partial charge in [-0.25, -0.2) is 4.79 Å². The number of allylic oxidation sites excluding steroid dienone is 3. The number of methoxy groups -OCH3 is 1. The summed E-state index contributed by atoms with van der Waals surface area (Å²) in [6.45, 7) is 3.01. The molecule has 398 valence electrons. The zero-order chi connectivity index (χ0) is 51.3. The number of rotatable bonds is 6. The van der Waals surface area contributed by atoms with Crippen molar-refractivity contribution in [2.75, 3.05) is 47.9 Å². The van der Waals surface area contributed by atoms with Gasteiger partial charge in [0, 0.05) is 68.8 Å². The van der Waals surface area contributed by atoms with Gasteiger partial charge in [0.25, 0.3) is 0 Å². The molecule has 16 rings (SSSR count). The molecule has 2 unspecified atom stereocenters. The van der Waals surface area contributed by atoms with Gasteiger partial charge in [-0.3, -0.25) is 9.69 Å². The lowest BCUT2D eigenvalue weighted by molar-refractivity contribution is -0.138. The lowest BCUT2D eigenvalue weighted by atomic mass is 9.51. The van der Waals surface area contributed by atoms with Crippen LogP contribution in [-0.4, -0.2) is 126 Å². The van der Waals surface area contributed by atoms with Gasteiger partial charge in [0.15, 0.2) is 24.1 Å². The summed E-state index contributed by atoms with van der Waals surface area (Å²) in [6.07, 6.45) is 14.2. The third-order valence-electron chi connectivity index (χ3n) is 20.6. The summed E-state index contributed by atoms with van der Waals surface area (Å²) in [4.78, 5) is 32.8. The number of ether oxygens (including phenoxy) is 5. The summed E-state index contributed by atoms with van der Waals surface area (Å²) in [7, 11) is 8.36. The molecule has 3 N–H and O–H groups in total. The van der Waals surface area contributed by atoms with Crippen LogP contribution in [0.1, 0.15) is 99.0 Å².